The highest BCUT2D eigenvalue weighted by Gasteiger charge is 2.34. The van der Waals surface area contributed by atoms with Crippen molar-refractivity contribution in [3.05, 3.63) is 42.1 Å². The highest BCUT2D eigenvalue weighted by molar-refractivity contribution is 14.0. The summed E-state index contributed by atoms with van der Waals surface area (Å²) in [6.45, 7) is 3.87. The summed E-state index contributed by atoms with van der Waals surface area (Å²) >= 11 is 0. The van der Waals surface area contributed by atoms with Gasteiger partial charge >= 0.3 is 0 Å². The van der Waals surface area contributed by atoms with E-state index in [4.69, 9.17) is 14.2 Å². The Morgan fingerprint density at radius 2 is 1.81 bits per heavy atom. The van der Waals surface area contributed by atoms with E-state index in [1.165, 1.54) is 25.7 Å². The van der Waals surface area contributed by atoms with Crippen molar-refractivity contribution in [3.63, 3.8) is 0 Å². The maximum absolute atomic E-state index is 5.91. The molecule has 3 rings (SSSR count). The zero-order valence-corrected chi connectivity index (χ0v) is 21.1. The second-order valence-corrected chi connectivity index (χ2v) is 7.58. The lowest BCUT2D eigenvalue weighted by Gasteiger charge is -2.41. The third kappa shape index (κ3) is 6.38. The molecule has 1 aliphatic rings. The molecule has 0 bridgehead atoms. The number of rotatable bonds is 9. The molecule has 0 atom stereocenters. The van der Waals surface area contributed by atoms with E-state index >= 15 is 0 Å². The van der Waals surface area contributed by atoms with Gasteiger partial charge in [0.2, 0.25) is 11.6 Å². The maximum atomic E-state index is 5.91. The average Bonchev–Trinajstić information content (AvgIpc) is 2.76. The molecule has 0 aliphatic heterocycles. The van der Waals surface area contributed by atoms with Crippen molar-refractivity contribution in [1.29, 1.82) is 0 Å². The van der Waals surface area contributed by atoms with E-state index in [-0.39, 0.29) is 24.0 Å². The molecular formula is C23H33IN4O3. The Morgan fingerprint density at radius 1 is 1.10 bits per heavy atom. The number of nitrogens with zero attached hydrogens (tertiary/aromatic N) is 2. The van der Waals surface area contributed by atoms with Crippen LogP contribution < -0.4 is 24.8 Å². The predicted molar refractivity (Wildman–Crippen MR) is 134 cm³/mol. The van der Waals surface area contributed by atoms with Gasteiger partial charge in [0.15, 0.2) is 17.5 Å². The van der Waals surface area contributed by atoms with Crippen LogP contribution in [-0.4, -0.2) is 38.8 Å². The van der Waals surface area contributed by atoms with E-state index in [1.807, 2.05) is 30.3 Å². The molecular weight excluding hydrogens is 507 g/mol. The van der Waals surface area contributed by atoms with Crippen molar-refractivity contribution in [3.8, 4) is 23.1 Å². The van der Waals surface area contributed by atoms with E-state index in [9.17, 15) is 0 Å². The molecule has 0 spiro atoms. The minimum atomic E-state index is 0. The molecule has 0 amide bonds. The van der Waals surface area contributed by atoms with Crippen LogP contribution in [-0.2, 0) is 6.54 Å². The van der Waals surface area contributed by atoms with Crippen LogP contribution in [0.5, 0.6) is 23.1 Å². The summed E-state index contributed by atoms with van der Waals surface area (Å²) in [5.41, 5.74) is 1.48. The second kappa shape index (κ2) is 12.0. The fraction of sp³-hybridized carbons (Fsp3) is 0.478. The summed E-state index contributed by atoms with van der Waals surface area (Å²) in [5, 5.41) is 6.82. The van der Waals surface area contributed by atoms with Crippen molar-refractivity contribution >= 4 is 29.9 Å². The molecule has 8 heteroatoms. The first kappa shape index (κ1) is 25.0. The van der Waals surface area contributed by atoms with Gasteiger partial charge in [-0.1, -0.05) is 25.5 Å². The number of nitrogens with one attached hydrogen (secondary N) is 2. The second-order valence-electron chi connectivity index (χ2n) is 7.58. The first-order chi connectivity index (χ1) is 14.6. The third-order valence-electron chi connectivity index (χ3n) is 5.87. The van der Waals surface area contributed by atoms with Gasteiger partial charge in [-0.2, -0.15) is 0 Å². The highest BCUT2D eigenvalue weighted by atomic mass is 127. The fourth-order valence-electron chi connectivity index (χ4n) is 3.61. The van der Waals surface area contributed by atoms with Crippen molar-refractivity contribution in [2.75, 3.05) is 27.8 Å². The molecule has 1 saturated carbocycles. The van der Waals surface area contributed by atoms with Gasteiger partial charge in [0, 0.05) is 32.4 Å². The number of hydrogen-bond acceptors (Lipinski definition) is 5. The topological polar surface area (TPSA) is 77.0 Å². The first-order valence-corrected chi connectivity index (χ1v) is 10.4. The van der Waals surface area contributed by atoms with Crippen LogP contribution in [0.15, 0.2) is 41.5 Å². The van der Waals surface area contributed by atoms with Crippen LogP contribution in [0, 0.1) is 5.41 Å². The Bertz CT molecular complexity index is 827. The van der Waals surface area contributed by atoms with Crippen molar-refractivity contribution in [2.45, 2.75) is 39.2 Å². The van der Waals surface area contributed by atoms with Crippen molar-refractivity contribution < 1.29 is 14.2 Å². The summed E-state index contributed by atoms with van der Waals surface area (Å²) in [6, 6.07) is 9.30. The van der Waals surface area contributed by atoms with Crippen molar-refractivity contribution in [2.24, 2.45) is 10.4 Å². The monoisotopic (exact) mass is 540 g/mol. The number of benzene rings is 1. The van der Waals surface area contributed by atoms with E-state index in [0.29, 0.717) is 35.1 Å². The van der Waals surface area contributed by atoms with Gasteiger partial charge in [-0.25, -0.2) is 4.98 Å². The Balaban J connectivity index is 0.00000341. The molecule has 31 heavy (non-hydrogen) atoms. The largest absolute Gasteiger partial charge is 0.493 e. The molecule has 2 aromatic rings. The maximum Gasteiger partial charge on any atom is 0.219 e. The Morgan fingerprint density at radius 3 is 2.29 bits per heavy atom. The van der Waals surface area contributed by atoms with Crippen LogP contribution in [0.25, 0.3) is 0 Å². The standard InChI is InChI=1S/C23H32N4O3.HI/c1-5-23(12-7-13-23)16-27-22(24-2)26-15-17-10-11-20(25-14-17)30-21-18(28-3)8-6-9-19(21)29-4;/h6,8-11,14H,5,7,12-13,15-16H2,1-4H3,(H2,24,26,27);1H. The van der Waals surface area contributed by atoms with Gasteiger partial charge in [-0.3, -0.25) is 4.99 Å². The smallest absolute Gasteiger partial charge is 0.219 e. The molecule has 0 saturated heterocycles. The predicted octanol–water partition coefficient (Wildman–Crippen LogP) is 4.75. The van der Waals surface area contributed by atoms with Gasteiger partial charge < -0.3 is 24.8 Å². The molecule has 1 aromatic heterocycles. The molecule has 1 aromatic carbocycles. The number of halogens is 1. The third-order valence-corrected chi connectivity index (χ3v) is 5.87. The number of methoxy groups -OCH3 is 2. The summed E-state index contributed by atoms with van der Waals surface area (Å²) in [6.07, 6.45) is 6.93. The lowest BCUT2D eigenvalue weighted by molar-refractivity contribution is 0.131. The number of aromatic nitrogens is 1. The van der Waals surface area contributed by atoms with Crippen LogP contribution >= 0.6 is 24.0 Å². The number of aliphatic imine (C=N–C) groups is 1. The summed E-state index contributed by atoms with van der Waals surface area (Å²) in [7, 11) is 4.99. The number of para-hydroxylation sites is 1. The van der Waals surface area contributed by atoms with Gasteiger partial charge in [-0.15, -0.1) is 24.0 Å². The van der Waals surface area contributed by atoms with Gasteiger partial charge in [0.1, 0.15) is 0 Å². The average molecular weight is 540 g/mol. The Hall–Kier alpha value is -2.23. The number of hydrogen-bond donors (Lipinski definition) is 2. The molecule has 0 unspecified atom stereocenters. The van der Waals surface area contributed by atoms with Gasteiger partial charge in [-0.05, 0) is 42.4 Å². The lowest BCUT2D eigenvalue weighted by Crippen LogP contribution is -2.46. The number of guanidine groups is 1. The lowest BCUT2D eigenvalue weighted by atomic mass is 9.67. The minimum Gasteiger partial charge on any atom is -0.493 e. The molecule has 7 nitrogen and oxygen atoms in total. The molecule has 2 N–H and O–H groups in total. The fourth-order valence-corrected chi connectivity index (χ4v) is 3.61. The summed E-state index contributed by atoms with van der Waals surface area (Å²) in [4.78, 5) is 8.75. The normalized spacial score (nSPS) is 14.6. The molecule has 1 heterocycles. The van der Waals surface area contributed by atoms with Crippen molar-refractivity contribution in [1.82, 2.24) is 15.6 Å². The SMILES string of the molecule is CCC1(CNC(=NC)NCc2ccc(Oc3c(OC)cccc3OC)nc2)CCC1.I. The highest BCUT2D eigenvalue weighted by Crippen LogP contribution is 2.43. The van der Waals surface area contributed by atoms with Crippen LogP contribution in [0.4, 0.5) is 0 Å². The van der Waals surface area contributed by atoms with Gasteiger partial charge in [0.05, 0.1) is 14.2 Å². The van der Waals surface area contributed by atoms with Gasteiger partial charge in [0.25, 0.3) is 0 Å². The Labute approximate surface area is 202 Å². The van der Waals surface area contributed by atoms with E-state index < -0.39 is 0 Å². The van der Waals surface area contributed by atoms with E-state index in [1.54, 1.807) is 27.5 Å². The quantitative estimate of drug-likeness (QED) is 0.272. The van der Waals surface area contributed by atoms with Crippen LogP contribution in [0.1, 0.15) is 38.2 Å². The van der Waals surface area contributed by atoms with E-state index in [2.05, 4.69) is 27.5 Å². The first-order valence-electron chi connectivity index (χ1n) is 10.4. The van der Waals surface area contributed by atoms with Crippen LogP contribution in [0.3, 0.4) is 0 Å². The van der Waals surface area contributed by atoms with Crippen LogP contribution in [0.2, 0.25) is 0 Å². The zero-order valence-electron chi connectivity index (χ0n) is 18.7. The molecule has 1 aliphatic carbocycles. The summed E-state index contributed by atoms with van der Waals surface area (Å²) in [5.74, 6) is 2.97. The molecule has 1 fully saturated rings. The molecule has 170 valence electrons. The molecule has 0 radical (unpaired) electrons. The number of pyridine rings is 1. The van der Waals surface area contributed by atoms with E-state index in [0.717, 1.165) is 18.1 Å². The zero-order chi connectivity index (χ0) is 21.4. The summed E-state index contributed by atoms with van der Waals surface area (Å²) < 4.78 is 16.6. The number of ether oxygens (including phenoxy) is 3. The Kier molecular flexibility index (Phi) is 9.67. The minimum absolute atomic E-state index is 0.